The van der Waals surface area contributed by atoms with E-state index in [0.717, 1.165) is 22.1 Å². The summed E-state index contributed by atoms with van der Waals surface area (Å²) in [6, 6.07) is 18.7. The SMILES string of the molecule is CCOc1ccc(-n2c(SCC(=O)c3ccc(Cl)cc3)nnc2-c2cccs2)cc1. The highest BCUT2D eigenvalue weighted by atomic mass is 35.5. The van der Waals surface area contributed by atoms with Gasteiger partial charge in [-0.1, -0.05) is 29.4 Å². The number of hydrogen-bond donors (Lipinski definition) is 0. The molecule has 0 aliphatic heterocycles. The summed E-state index contributed by atoms with van der Waals surface area (Å²) in [7, 11) is 0. The lowest BCUT2D eigenvalue weighted by molar-refractivity contribution is 0.102. The van der Waals surface area contributed by atoms with Crippen molar-refractivity contribution in [2.75, 3.05) is 12.4 Å². The number of Topliss-reactive ketones (excluding diaryl/α,β-unsaturated/α-hetero) is 1. The maximum absolute atomic E-state index is 12.6. The van der Waals surface area contributed by atoms with Gasteiger partial charge in [-0.15, -0.1) is 21.5 Å². The van der Waals surface area contributed by atoms with Crippen molar-refractivity contribution < 1.29 is 9.53 Å². The molecule has 0 aliphatic carbocycles. The molecular formula is C22H18ClN3O2S2. The van der Waals surface area contributed by atoms with E-state index in [4.69, 9.17) is 16.3 Å². The zero-order valence-electron chi connectivity index (χ0n) is 16.1. The minimum Gasteiger partial charge on any atom is -0.494 e. The van der Waals surface area contributed by atoms with Crippen molar-refractivity contribution in [1.82, 2.24) is 14.8 Å². The normalized spacial score (nSPS) is 10.9. The van der Waals surface area contributed by atoms with Crippen LogP contribution >= 0.6 is 34.7 Å². The summed E-state index contributed by atoms with van der Waals surface area (Å²) < 4.78 is 7.52. The van der Waals surface area contributed by atoms with Gasteiger partial charge in [0.1, 0.15) is 5.75 Å². The molecular weight excluding hydrogens is 438 g/mol. The maximum Gasteiger partial charge on any atom is 0.196 e. The van der Waals surface area contributed by atoms with Crippen molar-refractivity contribution in [3.05, 3.63) is 76.6 Å². The molecule has 0 bridgehead atoms. The molecule has 4 aromatic rings. The van der Waals surface area contributed by atoms with Gasteiger partial charge in [0.05, 0.1) is 22.9 Å². The molecule has 0 aliphatic rings. The van der Waals surface area contributed by atoms with Gasteiger partial charge in [0.25, 0.3) is 0 Å². The van der Waals surface area contributed by atoms with Gasteiger partial charge in [-0.2, -0.15) is 0 Å². The van der Waals surface area contributed by atoms with Gasteiger partial charge in [0.15, 0.2) is 16.8 Å². The molecule has 4 rings (SSSR count). The number of ether oxygens (including phenoxy) is 1. The topological polar surface area (TPSA) is 57.0 Å². The fourth-order valence-corrected chi connectivity index (χ4v) is 4.54. The molecule has 2 heterocycles. The third kappa shape index (κ3) is 4.59. The lowest BCUT2D eigenvalue weighted by Gasteiger charge is -2.10. The van der Waals surface area contributed by atoms with Gasteiger partial charge in [0, 0.05) is 10.6 Å². The average molecular weight is 456 g/mol. The summed E-state index contributed by atoms with van der Waals surface area (Å²) in [5.41, 5.74) is 1.53. The molecule has 0 unspecified atom stereocenters. The average Bonchev–Trinajstić information content (AvgIpc) is 3.43. The number of carbonyl (C=O) groups excluding carboxylic acids is 1. The second-order valence-corrected chi connectivity index (χ2v) is 8.59. The Labute approximate surface area is 187 Å². The number of halogens is 1. The van der Waals surface area contributed by atoms with Gasteiger partial charge in [0.2, 0.25) is 0 Å². The number of benzene rings is 2. The number of rotatable bonds is 8. The molecule has 8 heteroatoms. The Balaban J connectivity index is 1.63. The Kier molecular flexibility index (Phi) is 6.52. The van der Waals surface area contributed by atoms with Crippen LogP contribution in [0.15, 0.2) is 71.2 Å². The standard InChI is InChI=1S/C22H18ClN3O2S2/c1-2-28-18-11-9-17(10-12-18)26-21(20-4-3-13-29-20)24-25-22(26)30-14-19(27)15-5-7-16(23)8-6-15/h3-13H,2,14H2,1H3. The Bertz CT molecular complexity index is 1120. The first-order valence-electron chi connectivity index (χ1n) is 9.30. The molecule has 0 saturated heterocycles. The largest absolute Gasteiger partial charge is 0.494 e. The fourth-order valence-electron chi connectivity index (χ4n) is 2.87. The lowest BCUT2D eigenvalue weighted by Crippen LogP contribution is -2.05. The van der Waals surface area contributed by atoms with E-state index in [1.807, 2.05) is 53.3 Å². The quantitative estimate of drug-likeness (QED) is 0.240. The summed E-state index contributed by atoms with van der Waals surface area (Å²) in [6.45, 7) is 2.56. The van der Waals surface area contributed by atoms with Crippen LogP contribution in [0.3, 0.4) is 0 Å². The van der Waals surface area contributed by atoms with Crippen molar-refractivity contribution in [3.63, 3.8) is 0 Å². The third-order valence-corrected chi connectivity index (χ3v) is 6.33. The molecule has 2 aromatic heterocycles. The highest BCUT2D eigenvalue weighted by Gasteiger charge is 2.18. The van der Waals surface area contributed by atoms with E-state index in [1.165, 1.54) is 11.8 Å². The summed E-state index contributed by atoms with van der Waals surface area (Å²) in [5.74, 6) is 1.81. The fraction of sp³-hybridized carbons (Fsp3) is 0.136. The molecule has 2 aromatic carbocycles. The first-order chi connectivity index (χ1) is 14.7. The third-order valence-electron chi connectivity index (χ3n) is 4.28. The highest BCUT2D eigenvalue weighted by Crippen LogP contribution is 2.31. The number of hydrogen-bond acceptors (Lipinski definition) is 6. The second kappa shape index (κ2) is 9.47. The van der Waals surface area contributed by atoms with E-state index in [-0.39, 0.29) is 11.5 Å². The Morgan fingerprint density at radius 3 is 2.53 bits per heavy atom. The second-order valence-electron chi connectivity index (χ2n) is 6.26. The molecule has 0 saturated carbocycles. The van der Waals surface area contributed by atoms with E-state index < -0.39 is 0 Å². The molecule has 0 fully saturated rings. The number of aromatic nitrogens is 3. The van der Waals surface area contributed by atoms with Crippen LogP contribution in [0, 0.1) is 0 Å². The van der Waals surface area contributed by atoms with Crippen LogP contribution in [0.25, 0.3) is 16.4 Å². The predicted octanol–water partition coefficient (Wildman–Crippen LogP) is 6.02. The summed E-state index contributed by atoms with van der Waals surface area (Å²) in [4.78, 5) is 13.6. The van der Waals surface area contributed by atoms with Gasteiger partial charge in [-0.05, 0) is 66.9 Å². The van der Waals surface area contributed by atoms with Crippen LogP contribution < -0.4 is 4.74 Å². The van der Waals surface area contributed by atoms with Gasteiger partial charge in [-0.3, -0.25) is 9.36 Å². The lowest BCUT2D eigenvalue weighted by atomic mass is 10.1. The first-order valence-corrected chi connectivity index (χ1v) is 11.5. The van der Waals surface area contributed by atoms with Crippen LogP contribution in [0.5, 0.6) is 5.75 Å². The van der Waals surface area contributed by atoms with Gasteiger partial charge in [-0.25, -0.2) is 0 Å². The summed E-state index contributed by atoms with van der Waals surface area (Å²) in [6.07, 6.45) is 0. The van der Waals surface area contributed by atoms with Gasteiger partial charge < -0.3 is 4.74 Å². The number of nitrogens with zero attached hydrogens (tertiary/aromatic N) is 3. The molecule has 0 spiro atoms. The smallest absolute Gasteiger partial charge is 0.196 e. The van der Waals surface area contributed by atoms with Crippen molar-refractivity contribution in [2.24, 2.45) is 0 Å². The van der Waals surface area contributed by atoms with E-state index in [9.17, 15) is 4.79 Å². The van der Waals surface area contributed by atoms with E-state index >= 15 is 0 Å². The number of ketones is 1. The molecule has 5 nitrogen and oxygen atoms in total. The predicted molar refractivity (Wildman–Crippen MR) is 122 cm³/mol. The van der Waals surface area contributed by atoms with Crippen molar-refractivity contribution >= 4 is 40.5 Å². The Morgan fingerprint density at radius 2 is 1.87 bits per heavy atom. The minimum atomic E-state index is 0.00980. The number of thiophene rings is 1. The van der Waals surface area contributed by atoms with E-state index in [1.54, 1.807) is 35.6 Å². The van der Waals surface area contributed by atoms with E-state index in [0.29, 0.717) is 22.3 Å². The van der Waals surface area contributed by atoms with Crippen molar-refractivity contribution in [3.8, 4) is 22.1 Å². The number of carbonyl (C=O) groups is 1. The minimum absolute atomic E-state index is 0.00980. The zero-order chi connectivity index (χ0) is 20.9. The van der Waals surface area contributed by atoms with Gasteiger partial charge >= 0.3 is 0 Å². The maximum atomic E-state index is 12.6. The van der Waals surface area contributed by atoms with Crippen LogP contribution in [-0.2, 0) is 0 Å². The molecule has 0 amide bonds. The molecule has 0 radical (unpaired) electrons. The van der Waals surface area contributed by atoms with Crippen LogP contribution in [-0.4, -0.2) is 32.9 Å². The van der Waals surface area contributed by atoms with Crippen molar-refractivity contribution in [1.29, 1.82) is 0 Å². The molecule has 0 atom stereocenters. The molecule has 152 valence electrons. The summed E-state index contributed by atoms with van der Waals surface area (Å²) >= 11 is 8.87. The van der Waals surface area contributed by atoms with Crippen LogP contribution in [0.4, 0.5) is 0 Å². The van der Waals surface area contributed by atoms with Crippen LogP contribution in [0.1, 0.15) is 17.3 Å². The first kappa shape index (κ1) is 20.7. The highest BCUT2D eigenvalue weighted by molar-refractivity contribution is 7.99. The zero-order valence-corrected chi connectivity index (χ0v) is 18.5. The Morgan fingerprint density at radius 1 is 1.10 bits per heavy atom. The summed E-state index contributed by atoms with van der Waals surface area (Å²) in [5, 5.41) is 12.0. The Hall–Kier alpha value is -2.61. The van der Waals surface area contributed by atoms with Crippen molar-refractivity contribution in [2.45, 2.75) is 12.1 Å². The monoisotopic (exact) mass is 455 g/mol. The molecule has 30 heavy (non-hydrogen) atoms. The molecule has 0 N–H and O–H groups in total. The number of thioether (sulfide) groups is 1. The van der Waals surface area contributed by atoms with E-state index in [2.05, 4.69) is 10.2 Å². The van der Waals surface area contributed by atoms with Crippen LogP contribution in [0.2, 0.25) is 5.02 Å².